The van der Waals surface area contributed by atoms with Crippen LogP contribution in [0.25, 0.3) is 5.57 Å². The lowest BCUT2D eigenvalue weighted by molar-refractivity contribution is -0.236. The van der Waals surface area contributed by atoms with Crippen LogP contribution < -0.4 is 0 Å². The van der Waals surface area contributed by atoms with Gasteiger partial charge in [0.05, 0.1) is 16.9 Å². The van der Waals surface area contributed by atoms with Gasteiger partial charge in [-0.25, -0.2) is 4.79 Å². The van der Waals surface area contributed by atoms with Gasteiger partial charge in [-0.3, -0.25) is 9.88 Å². The number of hydrogen-bond donors (Lipinski definition) is 2. The number of carboxylic acids is 1. The first-order valence-electron chi connectivity index (χ1n) is 7.66. The van der Waals surface area contributed by atoms with Crippen LogP contribution in [0.4, 0.5) is 0 Å². The third-order valence-corrected chi connectivity index (χ3v) is 3.57. The van der Waals surface area contributed by atoms with Gasteiger partial charge in [0.1, 0.15) is 0 Å². The van der Waals surface area contributed by atoms with Crippen molar-refractivity contribution in [1.29, 1.82) is 0 Å². The molecule has 6 heteroatoms. The van der Waals surface area contributed by atoms with Crippen LogP contribution in [0.1, 0.15) is 48.8 Å². The molecule has 0 radical (unpaired) electrons. The number of pyridine rings is 1. The van der Waals surface area contributed by atoms with Gasteiger partial charge in [-0.05, 0) is 51.3 Å². The van der Waals surface area contributed by atoms with Crippen molar-refractivity contribution < 1.29 is 19.7 Å². The number of rotatable bonds is 4. The third-order valence-electron chi connectivity index (χ3n) is 3.57. The molecular weight excluding hydrogens is 296 g/mol. The second-order valence-electron chi connectivity index (χ2n) is 6.74. The Morgan fingerprint density at radius 1 is 1.43 bits per heavy atom. The molecule has 23 heavy (non-hydrogen) atoms. The van der Waals surface area contributed by atoms with E-state index in [1.54, 1.807) is 17.2 Å². The largest absolute Gasteiger partial charge is 0.478 e. The molecule has 2 rings (SSSR count). The number of carbonyl (C=O) groups is 1. The van der Waals surface area contributed by atoms with Crippen molar-refractivity contribution in [3.63, 3.8) is 0 Å². The molecule has 1 atom stereocenters. The van der Waals surface area contributed by atoms with Gasteiger partial charge in [0.2, 0.25) is 6.41 Å². The first kappa shape index (κ1) is 17.6. The van der Waals surface area contributed by atoms with E-state index in [0.717, 1.165) is 11.1 Å². The Balaban J connectivity index is 2.15. The van der Waals surface area contributed by atoms with E-state index in [1.165, 1.54) is 0 Å². The summed E-state index contributed by atoms with van der Waals surface area (Å²) < 4.78 is 5.54. The summed E-state index contributed by atoms with van der Waals surface area (Å²) in [5, 5.41) is 19.5. The molecule has 0 bridgehead atoms. The zero-order chi connectivity index (χ0) is 17.2. The predicted octanol–water partition coefficient (Wildman–Crippen LogP) is 2.27. The summed E-state index contributed by atoms with van der Waals surface area (Å²) in [5.74, 6) is -0.976. The summed E-state index contributed by atoms with van der Waals surface area (Å²) in [4.78, 5) is 17.5. The van der Waals surface area contributed by atoms with Crippen LogP contribution in [0.5, 0.6) is 0 Å². The van der Waals surface area contributed by atoms with Gasteiger partial charge in [0.25, 0.3) is 0 Å². The molecule has 0 spiro atoms. The molecule has 0 fully saturated rings. The van der Waals surface area contributed by atoms with Gasteiger partial charge < -0.3 is 14.9 Å². The van der Waals surface area contributed by atoms with Crippen molar-refractivity contribution in [2.75, 3.05) is 13.1 Å². The monoisotopic (exact) mass is 320 g/mol. The fourth-order valence-corrected chi connectivity index (χ4v) is 2.48. The van der Waals surface area contributed by atoms with Crippen molar-refractivity contribution in [1.82, 2.24) is 9.88 Å². The molecule has 1 aromatic rings. The van der Waals surface area contributed by atoms with Gasteiger partial charge >= 0.3 is 5.97 Å². The molecule has 2 heterocycles. The Labute approximate surface area is 136 Å². The first-order valence-corrected chi connectivity index (χ1v) is 7.66. The van der Waals surface area contributed by atoms with E-state index in [2.05, 4.69) is 4.98 Å². The fourth-order valence-electron chi connectivity index (χ4n) is 2.48. The van der Waals surface area contributed by atoms with E-state index in [4.69, 9.17) is 4.74 Å². The van der Waals surface area contributed by atoms with Crippen molar-refractivity contribution in [2.24, 2.45) is 0 Å². The van der Waals surface area contributed by atoms with Crippen molar-refractivity contribution in [3.8, 4) is 0 Å². The molecule has 2 N–H and O–H groups in total. The summed E-state index contributed by atoms with van der Waals surface area (Å²) >= 11 is 0. The molecular formula is C17H24N2O4. The van der Waals surface area contributed by atoms with Crippen LogP contribution in [-0.4, -0.2) is 51.2 Å². The molecule has 6 nitrogen and oxygen atoms in total. The zero-order valence-corrected chi connectivity index (χ0v) is 14.0. The fraction of sp³-hybridized carbons (Fsp3) is 0.529. The van der Waals surface area contributed by atoms with Crippen LogP contribution in [0.15, 0.2) is 18.3 Å². The molecule has 1 aliphatic heterocycles. The number of carboxylic acid groups (broad SMARTS) is 1. The number of aromatic carboxylic acids is 1. The number of aliphatic hydroxyl groups is 1. The number of hydrogen-bond acceptors (Lipinski definition) is 5. The highest BCUT2D eigenvalue weighted by Gasteiger charge is 2.26. The van der Waals surface area contributed by atoms with Gasteiger partial charge in [0.15, 0.2) is 0 Å². The average molecular weight is 320 g/mol. The Morgan fingerprint density at radius 3 is 2.65 bits per heavy atom. The highest BCUT2D eigenvalue weighted by atomic mass is 16.6. The Kier molecular flexibility index (Phi) is 5.19. The number of aliphatic hydroxyl groups excluding tert-OH is 1. The second kappa shape index (κ2) is 6.78. The van der Waals surface area contributed by atoms with Gasteiger partial charge in [-0.1, -0.05) is 6.08 Å². The molecule has 0 saturated heterocycles. The summed E-state index contributed by atoms with van der Waals surface area (Å²) in [7, 11) is 0. The van der Waals surface area contributed by atoms with Crippen molar-refractivity contribution in [2.45, 2.75) is 46.1 Å². The van der Waals surface area contributed by atoms with Crippen LogP contribution >= 0.6 is 0 Å². The topological polar surface area (TPSA) is 82.9 Å². The molecule has 1 aliphatic rings. The molecule has 0 aliphatic carbocycles. The highest BCUT2D eigenvalue weighted by Crippen LogP contribution is 2.25. The van der Waals surface area contributed by atoms with E-state index < -0.39 is 18.0 Å². The number of aromatic nitrogens is 1. The molecule has 1 aromatic heterocycles. The normalized spacial score (nSPS) is 17.7. The van der Waals surface area contributed by atoms with E-state index >= 15 is 0 Å². The standard InChI is InChI=1S/C17H24N2O4/c1-11-9-13(15(20)21)14(18-10-11)12-5-7-19(8-6-12)16(22)23-17(2,3)4/h5,9-10,16,22H,6-8H2,1-4H3,(H,20,21). The minimum absolute atomic E-state index is 0.219. The van der Waals surface area contributed by atoms with Gasteiger partial charge in [-0.2, -0.15) is 0 Å². The lowest BCUT2D eigenvalue weighted by Crippen LogP contribution is -2.43. The second-order valence-corrected chi connectivity index (χ2v) is 6.74. The van der Waals surface area contributed by atoms with Crippen LogP contribution in [-0.2, 0) is 4.74 Å². The molecule has 0 amide bonds. The lowest BCUT2D eigenvalue weighted by Gasteiger charge is -2.34. The van der Waals surface area contributed by atoms with Crippen molar-refractivity contribution >= 4 is 11.5 Å². The summed E-state index contributed by atoms with van der Waals surface area (Å²) in [5.41, 5.74) is 2.00. The molecule has 0 saturated carbocycles. The van der Waals surface area contributed by atoms with E-state index in [-0.39, 0.29) is 5.56 Å². The molecule has 1 unspecified atom stereocenters. The lowest BCUT2D eigenvalue weighted by atomic mass is 9.99. The van der Waals surface area contributed by atoms with Gasteiger partial charge in [-0.15, -0.1) is 0 Å². The zero-order valence-electron chi connectivity index (χ0n) is 14.0. The maximum absolute atomic E-state index is 11.4. The quantitative estimate of drug-likeness (QED) is 0.828. The average Bonchev–Trinajstić information content (AvgIpc) is 2.45. The Bertz CT molecular complexity index is 620. The van der Waals surface area contributed by atoms with E-state index in [9.17, 15) is 15.0 Å². The van der Waals surface area contributed by atoms with E-state index in [1.807, 2.05) is 33.8 Å². The highest BCUT2D eigenvalue weighted by molar-refractivity contribution is 5.93. The summed E-state index contributed by atoms with van der Waals surface area (Å²) in [6.45, 7) is 8.55. The maximum atomic E-state index is 11.4. The number of nitrogens with zero attached hydrogens (tertiary/aromatic N) is 2. The number of ether oxygens (including phenoxy) is 1. The van der Waals surface area contributed by atoms with Crippen LogP contribution in [0.3, 0.4) is 0 Å². The minimum Gasteiger partial charge on any atom is -0.478 e. The summed E-state index contributed by atoms with van der Waals surface area (Å²) in [6.07, 6.45) is 3.22. The Hall–Kier alpha value is -1.76. The van der Waals surface area contributed by atoms with E-state index in [0.29, 0.717) is 25.2 Å². The van der Waals surface area contributed by atoms with Crippen molar-refractivity contribution in [3.05, 3.63) is 35.2 Å². The first-order chi connectivity index (χ1) is 10.7. The van der Waals surface area contributed by atoms with Crippen LogP contribution in [0, 0.1) is 6.92 Å². The van der Waals surface area contributed by atoms with Gasteiger partial charge in [0, 0.05) is 19.3 Å². The maximum Gasteiger partial charge on any atom is 0.337 e. The Morgan fingerprint density at radius 2 is 2.13 bits per heavy atom. The predicted molar refractivity (Wildman–Crippen MR) is 86.9 cm³/mol. The third kappa shape index (κ3) is 4.60. The van der Waals surface area contributed by atoms with Crippen LogP contribution in [0.2, 0.25) is 0 Å². The molecule has 0 aromatic carbocycles. The smallest absolute Gasteiger partial charge is 0.337 e. The minimum atomic E-state index is -0.976. The molecule has 126 valence electrons. The number of aryl methyl sites for hydroxylation is 1. The SMILES string of the molecule is Cc1cnc(C2=CCN(C(O)OC(C)(C)C)CC2)c(C(=O)O)c1. The summed E-state index contributed by atoms with van der Waals surface area (Å²) in [6, 6.07) is 1.63.